The summed E-state index contributed by atoms with van der Waals surface area (Å²) in [4.78, 5) is 22.7. The number of rotatable bonds is 6. The van der Waals surface area contributed by atoms with Crippen molar-refractivity contribution in [2.45, 2.75) is 38.6 Å². The molecule has 0 spiro atoms. The molecule has 0 saturated heterocycles. The van der Waals surface area contributed by atoms with E-state index < -0.39 is 29.7 Å². The molecule has 1 aromatic carbocycles. The number of carbonyl (C=O) groups excluding carboxylic acids is 2. The lowest BCUT2D eigenvalue weighted by atomic mass is 9.97. The van der Waals surface area contributed by atoms with Crippen LogP contribution < -0.4 is 10.1 Å². The number of phenolic OH excluding ortho intramolecular Hbond substituents is 1. The normalized spacial score (nSPS) is 13.8. The van der Waals surface area contributed by atoms with Crippen LogP contribution in [0.5, 0.6) is 11.5 Å². The number of hydrogen-bond donors (Lipinski definition) is 4. The van der Waals surface area contributed by atoms with Crippen LogP contribution in [0, 0.1) is 0 Å². The molecule has 0 bridgehead atoms. The van der Waals surface area contributed by atoms with Crippen LogP contribution in [0.15, 0.2) is 12.1 Å². The minimum atomic E-state index is -1.62. The molecule has 0 fully saturated rings. The fourth-order valence-electron chi connectivity index (χ4n) is 1.99. The van der Waals surface area contributed by atoms with Gasteiger partial charge in [0, 0.05) is 17.7 Å². The quantitative estimate of drug-likeness (QED) is 0.572. The first-order chi connectivity index (χ1) is 11.1. The van der Waals surface area contributed by atoms with Gasteiger partial charge in [-0.2, -0.15) is 0 Å². The molecule has 0 radical (unpaired) electrons. The number of aromatic hydroxyl groups is 1. The predicted octanol–water partition coefficient (Wildman–Crippen LogP) is 1.13. The molecule has 134 valence electrons. The Labute approximate surface area is 140 Å². The number of aliphatic hydroxyl groups is 2. The van der Waals surface area contributed by atoms with Crippen molar-refractivity contribution in [1.82, 2.24) is 5.32 Å². The molecular weight excluding hydrogens is 318 g/mol. The maximum atomic E-state index is 11.6. The summed E-state index contributed by atoms with van der Waals surface area (Å²) in [6, 6.07) is 2.71. The number of aliphatic hydroxyl groups excluding tert-OH is 2. The van der Waals surface area contributed by atoms with Crippen molar-refractivity contribution in [1.29, 1.82) is 0 Å². The first kappa shape index (κ1) is 19.7. The van der Waals surface area contributed by atoms with Crippen LogP contribution in [0.25, 0.3) is 0 Å². The molecule has 8 heteroatoms. The molecular formula is C16H23NO7. The van der Waals surface area contributed by atoms with E-state index in [1.807, 2.05) is 0 Å². The van der Waals surface area contributed by atoms with Gasteiger partial charge in [0.1, 0.15) is 17.8 Å². The topological polar surface area (TPSA) is 125 Å². The van der Waals surface area contributed by atoms with E-state index in [9.17, 15) is 24.9 Å². The van der Waals surface area contributed by atoms with Gasteiger partial charge in [-0.3, -0.25) is 4.79 Å². The second-order valence-electron chi connectivity index (χ2n) is 6.13. The average Bonchev–Trinajstić information content (AvgIpc) is 2.49. The summed E-state index contributed by atoms with van der Waals surface area (Å²) in [5, 5.41) is 32.7. The number of nitrogens with one attached hydrogen (secondary N) is 1. The van der Waals surface area contributed by atoms with Crippen LogP contribution in [0.3, 0.4) is 0 Å². The summed E-state index contributed by atoms with van der Waals surface area (Å²) in [6.07, 6.45) is -3.42. The van der Waals surface area contributed by atoms with Crippen molar-refractivity contribution < 1.29 is 34.4 Å². The lowest BCUT2D eigenvalue weighted by Crippen LogP contribution is -2.39. The summed E-state index contributed by atoms with van der Waals surface area (Å²) in [6.45, 7) is 4.71. The van der Waals surface area contributed by atoms with Gasteiger partial charge in [0.15, 0.2) is 17.8 Å². The van der Waals surface area contributed by atoms with Gasteiger partial charge in [-0.1, -0.05) is 0 Å². The molecule has 0 heterocycles. The standard InChI is InChI=1S/C16H23NO7/c1-16(2,3)24-15(22)17-7-10(19)13(20)12-9(8-18)5-6-11(23-4)14(12)21/h5-6,8,10,13,19-21H,7H2,1-4H3,(H,17,22). The van der Waals surface area contributed by atoms with E-state index in [4.69, 9.17) is 9.47 Å². The van der Waals surface area contributed by atoms with Crippen LogP contribution in [0.2, 0.25) is 0 Å². The van der Waals surface area contributed by atoms with Gasteiger partial charge >= 0.3 is 6.09 Å². The lowest BCUT2D eigenvalue weighted by Gasteiger charge is -2.23. The van der Waals surface area contributed by atoms with E-state index in [0.717, 1.165) is 0 Å². The highest BCUT2D eigenvalue weighted by Crippen LogP contribution is 2.37. The molecule has 0 aliphatic carbocycles. The van der Waals surface area contributed by atoms with Crippen LogP contribution in [-0.4, -0.2) is 53.1 Å². The monoisotopic (exact) mass is 341 g/mol. The molecule has 0 aromatic heterocycles. The van der Waals surface area contributed by atoms with Gasteiger partial charge < -0.3 is 30.1 Å². The van der Waals surface area contributed by atoms with Crippen LogP contribution >= 0.6 is 0 Å². The van der Waals surface area contributed by atoms with E-state index in [-0.39, 0.29) is 23.4 Å². The molecule has 2 unspecified atom stereocenters. The van der Waals surface area contributed by atoms with Crippen molar-refractivity contribution >= 4 is 12.4 Å². The largest absolute Gasteiger partial charge is 0.504 e. The van der Waals surface area contributed by atoms with E-state index in [1.54, 1.807) is 20.8 Å². The van der Waals surface area contributed by atoms with E-state index >= 15 is 0 Å². The molecule has 0 aliphatic heterocycles. The summed E-state index contributed by atoms with van der Waals surface area (Å²) in [7, 11) is 1.31. The predicted molar refractivity (Wildman–Crippen MR) is 85.2 cm³/mol. The Morgan fingerprint density at radius 2 is 1.96 bits per heavy atom. The molecule has 8 nitrogen and oxygen atoms in total. The minimum absolute atomic E-state index is 0.00267. The first-order valence-corrected chi connectivity index (χ1v) is 7.28. The van der Waals surface area contributed by atoms with E-state index in [2.05, 4.69) is 5.32 Å². The summed E-state index contributed by atoms with van der Waals surface area (Å²) < 4.78 is 9.93. The van der Waals surface area contributed by atoms with Gasteiger partial charge in [0.05, 0.1) is 7.11 Å². The highest BCUT2D eigenvalue weighted by molar-refractivity contribution is 5.80. The lowest BCUT2D eigenvalue weighted by molar-refractivity contribution is 0.0115. The third kappa shape index (κ3) is 5.10. The fraction of sp³-hybridized carbons (Fsp3) is 0.500. The number of aldehydes is 1. The molecule has 24 heavy (non-hydrogen) atoms. The maximum absolute atomic E-state index is 11.6. The zero-order valence-electron chi connectivity index (χ0n) is 14.1. The van der Waals surface area contributed by atoms with Crippen LogP contribution in [0.4, 0.5) is 4.79 Å². The molecule has 1 aromatic rings. The van der Waals surface area contributed by atoms with Gasteiger partial charge in [-0.25, -0.2) is 4.79 Å². The maximum Gasteiger partial charge on any atom is 0.407 e. The average molecular weight is 341 g/mol. The molecule has 0 saturated carbocycles. The van der Waals surface area contributed by atoms with E-state index in [0.29, 0.717) is 6.29 Å². The highest BCUT2D eigenvalue weighted by Gasteiger charge is 2.27. The summed E-state index contributed by atoms with van der Waals surface area (Å²) >= 11 is 0. The molecule has 1 amide bonds. The second-order valence-corrected chi connectivity index (χ2v) is 6.13. The number of hydrogen-bond acceptors (Lipinski definition) is 7. The van der Waals surface area contributed by atoms with Crippen molar-refractivity contribution in [3.8, 4) is 11.5 Å². The van der Waals surface area contributed by atoms with Gasteiger partial charge in [-0.15, -0.1) is 0 Å². The minimum Gasteiger partial charge on any atom is -0.504 e. The SMILES string of the molecule is COc1ccc(C=O)c(C(O)C(O)CNC(=O)OC(C)(C)C)c1O. The van der Waals surface area contributed by atoms with Gasteiger partial charge in [0.2, 0.25) is 0 Å². The fourth-order valence-corrected chi connectivity index (χ4v) is 1.99. The van der Waals surface area contributed by atoms with Crippen molar-refractivity contribution in [2.75, 3.05) is 13.7 Å². The van der Waals surface area contributed by atoms with Crippen molar-refractivity contribution in [3.63, 3.8) is 0 Å². The molecule has 0 aliphatic rings. The van der Waals surface area contributed by atoms with Crippen molar-refractivity contribution in [2.24, 2.45) is 0 Å². The first-order valence-electron chi connectivity index (χ1n) is 7.28. The Morgan fingerprint density at radius 3 is 2.46 bits per heavy atom. The van der Waals surface area contributed by atoms with Gasteiger partial charge in [0.25, 0.3) is 0 Å². The second kappa shape index (κ2) is 7.98. The number of methoxy groups -OCH3 is 1. The number of ether oxygens (including phenoxy) is 2. The zero-order valence-corrected chi connectivity index (χ0v) is 14.1. The van der Waals surface area contributed by atoms with E-state index in [1.165, 1.54) is 19.2 Å². The number of carbonyl (C=O) groups is 2. The Kier molecular flexibility index (Phi) is 6.56. The number of amides is 1. The number of benzene rings is 1. The summed E-state index contributed by atoms with van der Waals surface area (Å²) in [5.41, 5.74) is -0.886. The number of alkyl carbamates (subject to hydrolysis) is 1. The third-order valence-corrected chi connectivity index (χ3v) is 3.08. The molecule has 1 rings (SSSR count). The smallest absolute Gasteiger partial charge is 0.407 e. The Balaban J connectivity index is 2.88. The van der Waals surface area contributed by atoms with Gasteiger partial charge in [-0.05, 0) is 32.9 Å². The highest BCUT2D eigenvalue weighted by atomic mass is 16.6. The molecule has 2 atom stereocenters. The Bertz CT molecular complexity index is 595. The third-order valence-electron chi connectivity index (χ3n) is 3.08. The Morgan fingerprint density at radius 1 is 1.33 bits per heavy atom. The summed E-state index contributed by atoms with van der Waals surface area (Å²) in [5.74, 6) is -0.409. The molecule has 4 N–H and O–H groups in total. The van der Waals surface area contributed by atoms with Crippen molar-refractivity contribution in [3.05, 3.63) is 23.3 Å². The van der Waals surface area contributed by atoms with Crippen LogP contribution in [0.1, 0.15) is 42.8 Å². The van der Waals surface area contributed by atoms with Crippen LogP contribution in [-0.2, 0) is 4.74 Å². The Hall–Kier alpha value is -2.32. The number of phenols is 1. The zero-order chi connectivity index (χ0) is 18.5.